The molecule has 0 spiro atoms. The van der Waals surface area contributed by atoms with Crippen molar-refractivity contribution in [1.82, 2.24) is 15.0 Å². The number of fused-ring (bicyclic) bond motifs is 1. The normalized spacial score (nSPS) is 12.2. The van der Waals surface area contributed by atoms with Crippen LogP contribution in [0.15, 0.2) is 60.8 Å². The van der Waals surface area contributed by atoms with Crippen LogP contribution in [0.1, 0.15) is 37.7 Å². The van der Waals surface area contributed by atoms with Crippen molar-refractivity contribution in [3.63, 3.8) is 0 Å². The van der Waals surface area contributed by atoms with E-state index in [9.17, 15) is 13.2 Å². The summed E-state index contributed by atoms with van der Waals surface area (Å²) in [6.07, 6.45) is -2.70. The van der Waals surface area contributed by atoms with Crippen LogP contribution >= 0.6 is 0 Å². The third-order valence-electron chi connectivity index (χ3n) is 5.67. The summed E-state index contributed by atoms with van der Waals surface area (Å²) in [5.41, 5.74) is 2.03. The standard InChI is InChI=1S/C27H27F3N4O/c1-26(2,3)18-8-10-19(11-9-18)32-25-20-12-7-17(16-22(20)33-23(34-25)13-15-35-4)24-21(27(28,29)30)6-5-14-31-24/h5-12,14,16H,13,15H2,1-4H3,(H,32,33,34). The maximum Gasteiger partial charge on any atom is 0.418 e. The molecule has 35 heavy (non-hydrogen) atoms. The number of aromatic nitrogens is 3. The molecule has 0 atom stereocenters. The number of nitrogens with one attached hydrogen (secondary N) is 1. The van der Waals surface area contributed by atoms with Gasteiger partial charge >= 0.3 is 6.18 Å². The van der Waals surface area contributed by atoms with Gasteiger partial charge in [0.15, 0.2) is 0 Å². The van der Waals surface area contributed by atoms with Gasteiger partial charge in [0.25, 0.3) is 0 Å². The van der Waals surface area contributed by atoms with Crippen molar-refractivity contribution in [2.45, 2.75) is 38.8 Å². The van der Waals surface area contributed by atoms with Gasteiger partial charge in [-0.2, -0.15) is 13.2 Å². The second-order valence-electron chi connectivity index (χ2n) is 9.31. The highest BCUT2D eigenvalue weighted by molar-refractivity contribution is 5.93. The Morgan fingerprint density at radius 2 is 1.69 bits per heavy atom. The molecule has 0 amide bonds. The second-order valence-corrected chi connectivity index (χ2v) is 9.31. The summed E-state index contributed by atoms with van der Waals surface area (Å²) < 4.78 is 45.9. The van der Waals surface area contributed by atoms with Gasteiger partial charge in [-0.1, -0.05) is 39.0 Å². The van der Waals surface area contributed by atoms with Gasteiger partial charge in [0.05, 0.1) is 23.4 Å². The molecular formula is C27H27F3N4O. The zero-order valence-corrected chi connectivity index (χ0v) is 20.1. The molecule has 5 nitrogen and oxygen atoms in total. The van der Waals surface area contributed by atoms with E-state index in [0.29, 0.717) is 41.1 Å². The lowest BCUT2D eigenvalue weighted by Crippen LogP contribution is -2.10. The Morgan fingerprint density at radius 1 is 0.943 bits per heavy atom. The molecule has 0 fully saturated rings. The highest BCUT2D eigenvalue weighted by Crippen LogP contribution is 2.37. The number of rotatable bonds is 6. The van der Waals surface area contributed by atoms with Crippen LogP contribution in [-0.4, -0.2) is 28.7 Å². The lowest BCUT2D eigenvalue weighted by atomic mass is 9.87. The number of halogens is 3. The number of hydrogen-bond donors (Lipinski definition) is 1. The minimum atomic E-state index is -4.51. The van der Waals surface area contributed by atoms with Crippen molar-refractivity contribution in [2.75, 3.05) is 19.0 Å². The van der Waals surface area contributed by atoms with Crippen molar-refractivity contribution in [3.8, 4) is 11.3 Å². The second kappa shape index (κ2) is 9.62. The van der Waals surface area contributed by atoms with Gasteiger partial charge in [-0.3, -0.25) is 4.98 Å². The summed E-state index contributed by atoms with van der Waals surface area (Å²) >= 11 is 0. The van der Waals surface area contributed by atoms with E-state index >= 15 is 0 Å². The quantitative estimate of drug-likeness (QED) is 0.324. The topological polar surface area (TPSA) is 59.9 Å². The fourth-order valence-corrected chi connectivity index (χ4v) is 3.78. The average Bonchev–Trinajstić information content (AvgIpc) is 2.81. The van der Waals surface area contributed by atoms with Crippen LogP contribution in [0, 0.1) is 0 Å². The molecule has 0 aliphatic carbocycles. The van der Waals surface area contributed by atoms with Crippen molar-refractivity contribution in [1.29, 1.82) is 0 Å². The number of alkyl halides is 3. The number of nitrogens with zero attached hydrogens (tertiary/aromatic N) is 3. The summed E-state index contributed by atoms with van der Waals surface area (Å²) in [7, 11) is 1.59. The Kier molecular flexibility index (Phi) is 6.76. The molecule has 4 aromatic rings. The third kappa shape index (κ3) is 5.59. The highest BCUT2D eigenvalue weighted by atomic mass is 19.4. The molecule has 0 radical (unpaired) electrons. The maximum absolute atomic E-state index is 13.6. The van der Waals surface area contributed by atoms with Crippen LogP contribution in [0.2, 0.25) is 0 Å². The first-order chi connectivity index (χ1) is 16.6. The first kappa shape index (κ1) is 24.6. The summed E-state index contributed by atoms with van der Waals surface area (Å²) in [6, 6.07) is 15.4. The van der Waals surface area contributed by atoms with E-state index in [4.69, 9.17) is 4.74 Å². The molecule has 0 saturated carbocycles. The first-order valence-electron chi connectivity index (χ1n) is 11.3. The summed E-state index contributed by atoms with van der Waals surface area (Å²) in [4.78, 5) is 13.3. The van der Waals surface area contributed by atoms with E-state index in [1.807, 2.05) is 12.1 Å². The Hall–Kier alpha value is -3.52. The molecule has 0 saturated heterocycles. The number of methoxy groups -OCH3 is 1. The molecule has 0 aliphatic heterocycles. The van der Waals surface area contributed by atoms with Crippen LogP contribution < -0.4 is 5.32 Å². The smallest absolute Gasteiger partial charge is 0.384 e. The molecular weight excluding hydrogens is 453 g/mol. The van der Waals surface area contributed by atoms with Gasteiger partial charge in [0.1, 0.15) is 11.6 Å². The molecule has 8 heteroatoms. The molecule has 2 heterocycles. The predicted octanol–water partition coefficient (Wildman–Crippen LogP) is 6.94. The molecule has 182 valence electrons. The monoisotopic (exact) mass is 480 g/mol. The predicted molar refractivity (Wildman–Crippen MR) is 132 cm³/mol. The molecule has 0 bridgehead atoms. The largest absolute Gasteiger partial charge is 0.418 e. The number of benzene rings is 2. The lowest BCUT2D eigenvalue weighted by Gasteiger charge is -2.19. The zero-order chi connectivity index (χ0) is 25.2. The van der Waals surface area contributed by atoms with Crippen LogP contribution in [0.5, 0.6) is 0 Å². The van der Waals surface area contributed by atoms with Crippen molar-refractivity contribution in [2.24, 2.45) is 0 Å². The van der Waals surface area contributed by atoms with Gasteiger partial charge in [0, 0.05) is 36.4 Å². The van der Waals surface area contributed by atoms with Crippen LogP contribution in [0.4, 0.5) is 24.7 Å². The van der Waals surface area contributed by atoms with Crippen molar-refractivity contribution >= 4 is 22.4 Å². The molecule has 2 aromatic carbocycles. The van der Waals surface area contributed by atoms with E-state index in [-0.39, 0.29) is 11.1 Å². The molecule has 1 N–H and O–H groups in total. The van der Waals surface area contributed by atoms with Gasteiger partial charge in [-0.15, -0.1) is 0 Å². The molecule has 2 aromatic heterocycles. The summed E-state index contributed by atoms with van der Waals surface area (Å²) in [5.74, 6) is 1.11. The van der Waals surface area contributed by atoms with Crippen molar-refractivity contribution in [3.05, 3.63) is 77.7 Å². The molecule has 0 unspecified atom stereocenters. The fraction of sp³-hybridized carbons (Fsp3) is 0.296. The Balaban J connectivity index is 1.78. The Labute approximate surface area is 202 Å². The van der Waals surface area contributed by atoms with Crippen LogP contribution in [0.3, 0.4) is 0 Å². The van der Waals surface area contributed by atoms with E-state index in [1.165, 1.54) is 17.8 Å². The van der Waals surface area contributed by atoms with Gasteiger partial charge in [-0.25, -0.2) is 9.97 Å². The fourth-order valence-electron chi connectivity index (χ4n) is 3.78. The van der Waals surface area contributed by atoms with Crippen LogP contribution in [-0.2, 0) is 22.7 Å². The van der Waals surface area contributed by atoms with E-state index in [2.05, 4.69) is 53.2 Å². The van der Waals surface area contributed by atoms with Gasteiger partial charge in [0.2, 0.25) is 0 Å². The van der Waals surface area contributed by atoms with E-state index < -0.39 is 11.7 Å². The van der Waals surface area contributed by atoms with Gasteiger partial charge < -0.3 is 10.1 Å². The summed E-state index contributed by atoms with van der Waals surface area (Å²) in [5, 5.41) is 4.04. The van der Waals surface area contributed by atoms with E-state index in [0.717, 1.165) is 11.8 Å². The maximum atomic E-state index is 13.6. The zero-order valence-electron chi connectivity index (χ0n) is 20.1. The van der Waals surface area contributed by atoms with Crippen LogP contribution in [0.25, 0.3) is 22.2 Å². The SMILES string of the molecule is COCCc1nc(Nc2ccc(C(C)(C)C)cc2)c2ccc(-c3ncccc3C(F)(F)F)cc2n1. The van der Waals surface area contributed by atoms with E-state index in [1.54, 1.807) is 25.3 Å². The number of ether oxygens (including phenoxy) is 1. The summed E-state index contributed by atoms with van der Waals surface area (Å²) in [6.45, 7) is 6.87. The molecule has 4 rings (SSSR count). The van der Waals surface area contributed by atoms with Crippen molar-refractivity contribution < 1.29 is 17.9 Å². The third-order valence-corrected chi connectivity index (χ3v) is 5.67. The Morgan fingerprint density at radius 3 is 2.34 bits per heavy atom. The van der Waals surface area contributed by atoms with Gasteiger partial charge in [-0.05, 0) is 47.4 Å². The number of anilines is 2. The Bertz CT molecular complexity index is 1330. The minimum absolute atomic E-state index is 0.0323. The number of pyridine rings is 1. The lowest BCUT2D eigenvalue weighted by molar-refractivity contribution is -0.137. The first-order valence-corrected chi connectivity index (χ1v) is 11.3. The highest BCUT2D eigenvalue weighted by Gasteiger charge is 2.34. The minimum Gasteiger partial charge on any atom is -0.384 e. The number of hydrogen-bond acceptors (Lipinski definition) is 5. The molecule has 0 aliphatic rings. The average molecular weight is 481 g/mol.